The van der Waals surface area contributed by atoms with Crippen LogP contribution in [0.3, 0.4) is 0 Å². The molecule has 1 N–H and O–H groups in total. The van der Waals surface area contributed by atoms with Gasteiger partial charge in [-0.15, -0.1) is 0 Å². The first-order valence-corrected chi connectivity index (χ1v) is 12.3. The summed E-state index contributed by atoms with van der Waals surface area (Å²) in [5.74, 6) is 0.0210. The minimum absolute atomic E-state index is 0.0210. The van der Waals surface area contributed by atoms with Crippen molar-refractivity contribution >= 4 is 6.09 Å². The molecule has 35 heavy (non-hydrogen) atoms. The Morgan fingerprint density at radius 2 is 1.69 bits per heavy atom. The predicted octanol–water partition coefficient (Wildman–Crippen LogP) is 5.11. The number of carbonyl (C=O) groups is 1. The number of nitriles is 1. The number of piperidine rings is 2. The normalized spacial score (nSPS) is 24.9. The van der Waals surface area contributed by atoms with Crippen molar-refractivity contribution in [3.8, 4) is 17.2 Å². The standard InChI is InChI=1S/C29H27N3O3/c30-15-19-12-20(17-31-16-19)29(34)13-21-6-5-7-22(14-29)32(21)28(33)35-18-27-25-10-3-1-8-23(25)24-9-2-4-11-26(24)27/h1-4,8-12,16-17,21-22,27,34H,5-7,13-14,18H2. The lowest BCUT2D eigenvalue weighted by atomic mass is 9.73. The number of fused-ring (bicyclic) bond motifs is 5. The Hall–Kier alpha value is -3.69. The highest BCUT2D eigenvalue weighted by atomic mass is 16.6. The zero-order valence-corrected chi connectivity index (χ0v) is 19.4. The molecule has 0 spiro atoms. The molecule has 2 unspecified atom stereocenters. The first kappa shape index (κ1) is 21.8. The molecule has 2 atom stereocenters. The topological polar surface area (TPSA) is 86.5 Å². The number of aliphatic hydroxyl groups is 1. The van der Waals surface area contributed by atoms with E-state index in [2.05, 4.69) is 35.3 Å². The van der Waals surface area contributed by atoms with Crippen molar-refractivity contribution < 1.29 is 14.6 Å². The van der Waals surface area contributed by atoms with Crippen molar-refractivity contribution in [1.82, 2.24) is 9.88 Å². The van der Waals surface area contributed by atoms with E-state index in [1.807, 2.05) is 29.2 Å². The number of hydrogen-bond acceptors (Lipinski definition) is 5. The number of nitrogens with zero attached hydrogens (tertiary/aromatic N) is 3. The number of amides is 1. The van der Waals surface area contributed by atoms with Crippen LogP contribution in [0.2, 0.25) is 0 Å². The van der Waals surface area contributed by atoms with Crippen LogP contribution in [0.4, 0.5) is 4.79 Å². The number of aromatic nitrogens is 1. The molecule has 3 aliphatic rings. The van der Waals surface area contributed by atoms with Crippen molar-refractivity contribution in [3.05, 3.63) is 89.2 Å². The van der Waals surface area contributed by atoms with E-state index >= 15 is 0 Å². The molecule has 0 radical (unpaired) electrons. The highest BCUT2D eigenvalue weighted by Crippen LogP contribution is 2.46. The lowest BCUT2D eigenvalue weighted by molar-refractivity contribution is -0.0892. The maximum atomic E-state index is 13.4. The highest BCUT2D eigenvalue weighted by molar-refractivity contribution is 5.79. The summed E-state index contributed by atoms with van der Waals surface area (Å²) >= 11 is 0. The van der Waals surface area contributed by atoms with Gasteiger partial charge >= 0.3 is 6.09 Å². The van der Waals surface area contributed by atoms with Crippen LogP contribution in [0.1, 0.15) is 60.3 Å². The van der Waals surface area contributed by atoms with Gasteiger partial charge in [0.15, 0.2) is 0 Å². The van der Waals surface area contributed by atoms with Crippen LogP contribution in [-0.4, -0.2) is 39.8 Å². The Labute approximate surface area is 204 Å². The second kappa shape index (κ2) is 8.51. The number of hydrogen-bond donors (Lipinski definition) is 1. The van der Waals surface area contributed by atoms with Crippen LogP contribution in [0, 0.1) is 11.3 Å². The summed E-state index contributed by atoms with van der Waals surface area (Å²) in [6.07, 6.45) is 6.36. The highest BCUT2D eigenvalue weighted by Gasteiger charge is 2.49. The zero-order valence-electron chi connectivity index (χ0n) is 19.4. The van der Waals surface area contributed by atoms with Gasteiger partial charge in [-0.05, 0) is 47.6 Å². The van der Waals surface area contributed by atoms with Gasteiger partial charge in [0.05, 0.1) is 11.2 Å². The Kier molecular flexibility index (Phi) is 5.31. The molecular formula is C29H27N3O3. The van der Waals surface area contributed by atoms with Gasteiger partial charge in [-0.3, -0.25) is 4.98 Å². The third kappa shape index (κ3) is 3.67. The van der Waals surface area contributed by atoms with E-state index in [4.69, 9.17) is 4.74 Å². The van der Waals surface area contributed by atoms with E-state index in [9.17, 15) is 15.2 Å². The molecule has 6 heteroatoms. The molecule has 2 fully saturated rings. The SMILES string of the molecule is N#Cc1cncc(C2(O)CC3CCCC(C2)N3C(=O)OCC2c3ccccc3-c3ccccc32)c1. The monoisotopic (exact) mass is 465 g/mol. The summed E-state index contributed by atoms with van der Waals surface area (Å²) in [5, 5.41) is 20.8. The third-order valence-electron chi connectivity index (χ3n) is 7.96. The number of carbonyl (C=O) groups excluding carboxylic acids is 1. The van der Waals surface area contributed by atoms with Crippen molar-refractivity contribution in [3.63, 3.8) is 0 Å². The van der Waals surface area contributed by atoms with Gasteiger partial charge in [0.1, 0.15) is 12.7 Å². The molecule has 6 rings (SSSR count). The maximum Gasteiger partial charge on any atom is 0.410 e. The lowest BCUT2D eigenvalue weighted by Crippen LogP contribution is -2.59. The quantitative estimate of drug-likeness (QED) is 0.581. The molecule has 2 aromatic carbocycles. The van der Waals surface area contributed by atoms with Gasteiger partial charge in [0.25, 0.3) is 0 Å². The molecule has 0 saturated carbocycles. The summed E-state index contributed by atoms with van der Waals surface area (Å²) in [4.78, 5) is 19.4. The van der Waals surface area contributed by atoms with Crippen LogP contribution in [0.15, 0.2) is 67.0 Å². The average molecular weight is 466 g/mol. The summed E-state index contributed by atoms with van der Waals surface area (Å²) in [5.41, 5.74) is 4.78. The molecule has 1 aromatic heterocycles. The minimum Gasteiger partial charge on any atom is -0.448 e. The molecule has 3 aromatic rings. The van der Waals surface area contributed by atoms with Crippen LogP contribution in [0.5, 0.6) is 0 Å². The van der Waals surface area contributed by atoms with Gasteiger partial charge in [-0.1, -0.05) is 48.5 Å². The van der Waals surface area contributed by atoms with Crippen LogP contribution in [-0.2, 0) is 10.3 Å². The number of ether oxygens (including phenoxy) is 1. The fourth-order valence-corrected chi connectivity index (χ4v) is 6.39. The average Bonchev–Trinajstić information content (AvgIpc) is 3.20. The fraction of sp³-hybridized carbons (Fsp3) is 0.345. The molecule has 2 aliphatic heterocycles. The smallest absolute Gasteiger partial charge is 0.410 e. The van der Waals surface area contributed by atoms with Gasteiger partial charge in [-0.25, -0.2) is 4.79 Å². The Bertz CT molecular complexity index is 1270. The van der Waals surface area contributed by atoms with Crippen LogP contribution in [0.25, 0.3) is 11.1 Å². The van der Waals surface area contributed by atoms with Gasteiger partial charge in [0.2, 0.25) is 0 Å². The van der Waals surface area contributed by atoms with E-state index < -0.39 is 5.60 Å². The van der Waals surface area contributed by atoms with E-state index in [1.54, 1.807) is 12.3 Å². The van der Waals surface area contributed by atoms with Gasteiger partial charge < -0.3 is 14.7 Å². The lowest BCUT2D eigenvalue weighted by Gasteiger charge is -2.51. The first-order valence-electron chi connectivity index (χ1n) is 12.3. The molecule has 6 nitrogen and oxygen atoms in total. The van der Waals surface area contributed by atoms with Crippen LogP contribution < -0.4 is 0 Å². The van der Waals surface area contributed by atoms with E-state index in [0.717, 1.165) is 19.3 Å². The van der Waals surface area contributed by atoms with Crippen molar-refractivity contribution in [2.45, 2.75) is 55.7 Å². The molecule has 1 amide bonds. The predicted molar refractivity (Wildman–Crippen MR) is 130 cm³/mol. The molecule has 3 heterocycles. The Morgan fingerprint density at radius 1 is 1.06 bits per heavy atom. The van der Waals surface area contributed by atoms with Gasteiger partial charge in [0, 0.05) is 48.8 Å². The van der Waals surface area contributed by atoms with Gasteiger partial charge in [-0.2, -0.15) is 5.26 Å². The molecule has 2 bridgehead atoms. The van der Waals surface area contributed by atoms with E-state index in [0.29, 0.717) is 30.6 Å². The van der Waals surface area contributed by atoms with E-state index in [1.165, 1.54) is 28.5 Å². The Morgan fingerprint density at radius 3 is 2.31 bits per heavy atom. The molecule has 1 aliphatic carbocycles. The second-order valence-corrected chi connectivity index (χ2v) is 9.96. The zero-order chi connectivity index (χ0) is 24.0. The fourth-order valence-electron chi connectivity index (χ4n) is 6.39. The van der Waals surface area contributed by atoms with Crippen molar-refractivity contribution in [2.24, 2.45) is 0 Å². The summed E-state index contributed by atoms with van der Waals surface area (Å²) in [6.45, 7) is 0.293. The first-order chi connectivity index (χ1) is 17.1. The molecule has 2 saturated heterocycles. The molecule has 176 valence electrons. The Balaban J connectivity index is 1.21. The van der Waals surface area contributed by atoms with Crippen LogP contribution >= 0.6 is 0 Å². The maximum absolute atomic E-state index is 13.4. The summed E-state index contributed by atoms with van der Waals surface area (Å²) in [7, 11) is 0. The second-order valence-electron chi connectivity index (χ2n) is 9.96. The summed E-state index contributed by atoms with van der Waals surface area (Å²) in [6, 6.07) is 20.3. The van der Waals surface area contributed by atoms with Crippen molar-refractivity contribution in [2.75, 3.05) is 6.61 Å². The summed E-state index contributed by atoms with van der Waals surface area (Å²) < 4.78 is 5.98. The molecular weight excluding hydrogens is 438 g/mol. The minimum atomic E-state index is -1.10. The number of benzene rings is 2. The van der Waals surface area contributed by atoms with E-state index in [-0.39, 0.29) is 24.1 Å². The number of rotatable bonds is 3. The third-order valence-corrected chi connectivity index (χ3v) is 7.96. The van der Waals surface area contributed by atoms with Crippen molar-refractivity contribution in [1.29, 1.82) is 5.26 Å². The number of pyridine rings is 1. The largest absolute Gasteiger partial charge is 0.448 e.